The van der Waals surface area contributed by atoms with Gasteiger partial charge in [-0.25, -0.2) is 0 Å². The highest BCUT2D eigenvalue weighted by atomic mass is 16.5. The summed E-state index contributed by atoms with van der Waals surface area (Å²) in [6.07, 6.45) is 2.35. The first kappa shape index (κ1) is 19.4. The van der Waals surface area contributed by atoms with Crippen LogP contribution in [0.2, 0.25) is 0 Å². The lowest BCUT2D eigenvalue weighted by atomic mass is 9.76. The van der Waals surface area contributed by atoms with Crippen LogP contribution in [0.1, 0.15) is 55.2 Å². The van der Waals surface area contributed by atoms with E-state index in [1.54, 1.807) is 0 Å². The maximum atomic E-state index is 13.4. The Morgan fingerprint density at radius 3 is 2.66 bits per heavy atom. The molecule has 150 valence electrons. The molecule has 0 radical (unpaired) electrons. The SMILES string of the molecule is CCOc1ccccc1C1CC(=O)N(c2cc(C)ccc2C)C2=C1C(=O)CCC2. The second-order valence-electron chi connectivity index (χ2n) is 7.88. The van der Waals surface area contributed by atoms with Crippen LogP contribution in [0.15, 0.2) is 53.7 Å². The van der Waals surface area contributed by atoms with Gasteiger partial charge in [0.2, 0.25) is 5.91 Å². The normalized spacial score (nSPS) is 19.4. The minimum Gasteiger partial charge on any atom is -0.494 e. The number of nitrogens with zero attached hydrogens (tertiary/aromatic N) is 1. The number of aryl methyl sites for hydroxylation is 2. The predicted molar refractivity (Wildman–Crippen MR) is 114 cm³/mol. The lowest BCUT2D eigenvalue weighted by Crippen LogP contribution is -2.41. The molecule has 2 aromatic carbocycles. The van der Waals surface area contributed by atoms with E-state index >= 15 is 0 Å². The van der Waals surface area contributed by atoms with Crippen molar-refractivity contribution in [3.63, 3.8) is 0 Å². The second-order valence-corrected chi connectivity index (χ2v) is 7.88. The van der Waals surface area contributed by atoms with Gasteiger partial charge >= 0.3 is 0 Å². The van der Waals surface area contributed by atoms with Gasteiger partial charge in [-0.05, 0) is 56.9 Å². The number of benzene rings is 2. The number of hydrogen-bond donors (Lipinski definition) is 0. The Balaban J connectivity index is 1.89. The molecule has 1 unspecified atom stereocenters. The van der Waals surface area contributed by atoms with Crippen LogP contribution >= 0.6 is 0 Å². The molecule has 0 N–H and O–H groups in total. The third-order valence-electron chi connectivity index (χ3n) is 5.88. The molecule has 1 amide bonds. The zero-order valence-corrected chi connectivity index (χ0v) is 17.3. The summed E-state index contributed by atoms with van der Waals surface area (Å²) in [6.45, 7) is 6.54. The Morgan fingerprint density at radius 1 is 1.07 bits per heavy atom. The number of rotatable bonds is 4. The topological polar surface area (TPSA) is 46.6 Å². The Labute approximate surface area is 172 Å². The number of hydrogen-bond acceptors (Lipinski definition) is 3. The maximum absolute atomic E-state index is 13.4. The van der Waals surface area contributed by atoms with Crippen molar-refractivity contribution in [2.45, 2.75) is 52.4 Å². The van der Waals surface area contributed by atoms with Gasteiger partial charge in [0, 0.05) is 35.6 Å². The van der Waals surface area contributed by atoms with Crippen LogP contribution in [0, 0.1) is 13.8 Å². The molecule has 2 aliphatic rings. The van der Waals surface area contributed by atoms with Crippen LogP contribution in [0.25, 0.3) is 0 Å². The highest BCUT2D eigenvalue weighted by Crippen LogP contribution is 2.46. The number of carbonyl (C=O) groups is 2. The first-order chi connectivity index (χ1) is 14.0. The van der Waals surface area contributed by atoms with E-state index in [1.165, 1.54) is 0 Å². The minimum absolute atomic E-state index is 0.0449. The Hall–Kier alpha value is -2.88. The number of allylic oxidation sites excluding steroid dienone is 2. The van der Waals surface area contributed by atoms with E-state index in [-0.39, 0.29) is 24.0 Å². The first-order valence-electron chi connectivity index (χ1n) is 10.4. The fraction of sp³-hybridized carbons (Fsp3) is 0.360. The first-order valence-corrected chi connectivity index (χ1v) is 10.4. The Kier molecular flexibility index (Phi) is 5.27. The van der Waals surface area contributed by atoms with Crippen molar-refractivity contribution in [2.75, 3.05) is 11.5 Å². The van der Waals surface area contributed by atoms with E-state index in [1.807, 2.05) is 62.1 Å². The number of anilines is 1. The molecule has 1 atom stereocenters. The Morgan fingerprint density at radius 2 is 1.86 bits per heavy atom. The second kappa shape index (κ2) is 7.86. The van der Waals surface area contributed by atoms with Crippen LogP contribution in [-0.2, 0) is 9.59 Å². The highest BCUT2D eigenvalue weighted by molar-refractivity contribution is 6.07. The molecule has 0 bridgehead atoms. The van der Waals surface area contributed by atoms with Crippen molar-refractivity contribution in [3.05, 3.63) is 70.4 Å². The molecule has 4 heteroatoms. The summed E-state index contributed by atoms with van der Waals surface area (Å²) >= 11 is 0. The number of ether oxygens (including phenoxy) is 1. The highest BCUT2D eigenvalue weighted by Gasteiger charge is 2.40. The van der Waals surface area contributed by atoms with E-state index in [9.17, 15) is 9.59 Å². The number of para-hydroxylation sites is 1. The summed E-state index contributed by atoms with van der Waals surface area (Å²) < 4.78 is 5.83. The molecule has 1 aliphatic carbocycles. The van der Waals surface area contributed by atoms with Gasteiger partial charge in [-0.3, -0.25) is 14.5 Å². The van der Waals surface area contributed by atoms with Gasteiger partial charge in [-0.15, -0.1) is 0 Å². The summed E-state index contributed by atoms with van der Waals surface area (Å²) in [5.74, 6) is 0.724. The van der Waals surface area contributed by atoms with Gasteiger partial charge in [-0.2, -0.15) is 0 Å². The molecule has 0 saturated heterocycles. The molecule has 0 saturated carbocycles. The lowest BCUT2D eigenvalue weighted by Gasteiger charge is -2.39. The summed E-state index contributed by atoms with van der Waals surface area (Å²) in [6, 6.07) is 13.9. The molecule has 2 aromatic rings. The largest absolute Gasteiger partial charge is 0.494 e. The maximum Gasteiger partial charge on any atom is 0.232 e. The summed E-state index contributed by atoms with van der Waals surface area (Å²) in [7, 11) is 0. The molecule has 0 aromatic heterocycles. The molecule has 4 rings (SSSR count). The molecule has 4 nitrogen and oxygen atoms in total. The van der Waals surface area contributed by atoms with E-state index in [4.69, 9.17) is 4.74 Å². The molecule has 0 fully saturated rings. The molecular weight excluding hydrogens is 362 g/mol. The summed E-state index contributed by atoms with van der Waals surface area (Å²) in [5.41, 5.74) is 5.65. The van der Waals surface area contributed by atoms with Crippen molar-refractivity contribution < 1.29 is 14.3 Å². The van der Waals surface area contributed by atoms with E-state index in [2.05, 4.69) is 6.07 Å². The predicted octanol–water partition coefficient (Wildman–Crippen LogP) is 5.23. The third-order valence-corrected chi connectivity index (χ3v) is 5.88. The van der Waals surface area contributed by atoms with Gasteiger partial charge in [-0.1, -0.05) is 30.3 Å². The van der Waals surface area contributed by atoms with Gasteiger partial charge < -0.3 is 4.74 Å². The molecule has 1 aliphatic heterocycles. The van der Waals surface area contributed by atoms with E-state index < -0.39 is 0 Å². The zero-order chi connectivity index (χ0) is 20.5. The van der Waals surface area contributed by atoms with Crippen LogP contribution in [0.4, 0.5) is 5.69 Å². The lowest BCUT2D eigenvalue weighted by molar-refractivity contribution is -0.119. The van der Waals surface area contributed by atoms with Gasteiger partial charge in [0.15, 0.2) is 5.78 Å². The average Bonchev–Trinajstić information content (AvgIpc) is 2.70. The number of carbonyl (C=O) groups excluding carboxylic acids is 2. The average molecular weight is 389 g/mol. The third kappa shape index (κ3) is 3.48. The fourth-order valence-corrected chi connectivity index (χ4v) is 4.55. The van der Waals surface area contributed by atoms with Gasteiger partial charge in [0.1, 0.15) is 5.75 Å². The molecule has 0 spiro atoms. The van der Waals surface area contributed by atoms with Crippen LogP contribution in [0.3, 0.4) is 0 Å². The zero-order valence-electron chi connectivity index (χ0n) is 17.3. The van der Waals surface area contributed by atoms with E-state index in [0.29, 0.717) is 13.0 Å². The monoisotopic (exact) mass is 389 g/mol. The number of ketones is 1. The van der Waals surface area contributed by atoms with Crippen molar-refractivity contribution in [3.8, 4) is 5.75 Å². The molecule has 29 heavy (non-hydrogen) atoms. The minimum atomic E-state index is -0.241. The summed E-state index contributed by atoms with van der Waals surface area (Å²) in [4.78, 5) is 28.3. The number of Topliss-reactive ketones (excluding diaryl/α,β-unsaturated/α-hetero) is 1. The van der Waals surface area contributed by atoms with Crippen LogP contribution < -0.4 is 9.64 Å². The van der Waals surface area contributed by atoms with Gasteiger partial charge in [0.25, 0.3) is 0 Å². The quantitative estimate of drug-likeness (QED) is 0.719. The van der Waals surface area contributed by atoms with Gasteiger partial charge in [0.05, 0.1) is 12.3 Å². The smallest absolute Gasteiger partial charge is 0.232 e. The Bertz CT molecular complexity index is 1000. The van der Waals surface area contributed by atoms with Crippen molar-refractivity contribution >= 4 is 17.4 Å². The fourth-order valence-electron chi connectivity index (χ4n) is 4.55. The summed E-state index contributed by atoms with van der Waals surface area (Å²) in [5, 5.41) is 0. The van der Waals surface area contributed by atoms with Crippen LogP contribution in [0.5, 0.6) is 5.75 Å². The molecular formula is C25H27NO3. The standard InChI is InChI=1S/C25H27NO3/c1-4-29-23-11-6-5-8-18(23)19-15-24(28)26(20-9-7-10-22(27)25(19)20)21-14-16(2)12-13-17(21)3/h5-6,8,11-14,19H,4,7,9-10,15H2,1-3H3. The van der Waals surface area contributed by atoms with Crippen molar-refractivity contribution in [1.29, 1.82) is 0 Å². The van der Waals surface area contributed by atoms with Crippen molar-refractivity contribution in [1.82, 2.24) is 0 Å². The van der Waals surface area contributed by atoms with Crippen molar-refractivity contribution in [2.24, 2.45) is 0 Å². The van der Waals surface area contributed by atoms with Crippen LogP contribution in [-0.4, -0.2) is 18.3 Å². The molecule has 1 heterocycles. The number of amides is 1. The van der Waals surface area contributed by atoms with E-state index in [0.717, 1.165) is 52.2 Å².